The summed E-state index contributed by atoms with van der Waals surface area (Å²) in [6.45, 7) is 5.57. The quantitative estimate of drug-likeness (QED) is 0.558. The third kappa shape index (κ3) is 9.41. The highest BCUT2D eigenvalue weighted by Gasteiger charge is 1.88. The van der Waals surface area contributed by atoms with Gasteiger partial charge in [0.05, 0.1) is 6.07 Å². The summed E-state index contributed by atoms with van der Waals surface area (Å²) >= 11 is 0. The van der Waals surface area contributed by atoms with Gasteiger partial charge in [-0.15, -0.1) is 0 Å². The van der Waals surface area contributed by atoms with Gasteiger partial charge < -0.3 is 10.1 Å². The van der Waals surface area contributed by atoms with E-state index in [9.17, 15) is 0 Å². The number of nitrogens with one attached hydrogen (secondary N) is 1. The lowest BCUT2D eigenvalue weighted by atomic mass is 10.3. The van der Waals surface area contributed by atoms with Gasteiger partial charge in [0, 0.05) is 19.6 Å². The predicted molar refractivity (Wildman–Crippen MR) is 48.8 cm³/mol. The number of hydrogen-bond donors (Lipinski definition) is 1. The Hall–Kier alpha value is -0.590. The van der Waals surface area contributed by atoms with Crippen LogP contribution in [-0.4, -0.2) is 26.3 Å². The Morgan fingerprint density at radius 2 is 2.08 bits per heavy atom. The Labute approximate surface area is 74.7 Å². The number of nitrogens with zero attached hydrogens (tertiary/aromatic N) is 1. The van der Waals surface area contributed by atoms with E-state index in [0.717, 1.165) is 39.1 Å². The first-order valence-corrected chi connectivity index (χ1v) is 4.57. The Balaban J connectivity index is 2.78. The first-order valence-electron chi connectivity index (χ1n) is 4.57. The summed E-state index contributed by atoms with van der Waals surface area (Å²) in [5.74, 6) is 0. The molecular weight excluding hydrogens is 152 g/mol. The molecule has 0 rings (SSSR count). The van der Waals surface area contributed by atoms with Crippen molar-refractivity contribution in [2.45, 2.75) is 26.2 Å². The molecule has 0 aromatic rings. The molecule has 0 amide bonds. The van der Waals surface area contributed by atoms with Crippen LogP contribution in [0.4, 0.5) is 0 Å². The van der Waals surface area contributed by atoms with Crippen LogP contribution in [0.2, 0.25) is 0 Å². The number of nitriles is 1. The van der Waals surface area contributed by atoms with Crippen molar-refractivity contribution in [3.05, 3.63) is 0 Å². The highest BCUT2D eigenvalue weighted by molar-refractivity contribution is 4.68. The van der Waals surface area contributed by atoms with E-state index in [1.54, 1.807) is 0 Å². The first kappa shape index (κ1) is 11.4. The SMILES string of the molecule is CCOCCCNCCCC#N. The summed E-state index contributed by atoms with van der Waals surface area (Å²) in [4.78, 5) is 0. The van der Waals surface area contributed by atoms with E-state index in [0.29, 0.717) is 6.42 Å². The van der Waals surface area contributed by atoms with Crippen LogP contribution in [-0.2, 0) is 4.74 Å². The molecule has 12 heavy (non-hydrogen) atoms. The molecule has 0 aliphatic carbocycles. The molecule has 0 atom stereocenters. The van der Waals surface area contributed by atoms with Crippen molar-refractivity contribution in [2.75, 3.05) is 26.3 Å². The minimum absolute atomic E-state index is 0.651. The van der Waals surface area contributed by atoms with Crippen molar-refractivity contribution < 1.29 is 4.74 Å². The Bertz CT molecular complexity index is 120. The van der Waals surface area contributed by atoms with Crippen LogP contribution in [0.25, 0.3) is 0 Å². The van der Waals surface area contributed by atoms with E-state index in [1.165, 1.54) is 0 Å². The van der Waals surface area contributed by atoms with Gasteiger partial charge in [-0.3, -0.25) is 0 Å². The number of rotatable bonds is 8. The zero-order chi connectivity index (χ0) is 9.07. The Kier molecular flexibility index (Phi) is 9.90. The van der Waals surface area contributed by atoms with Crippen molar-refractivity contribution in [2.24, 2.45) is 0 Å². The van der Waals surface area contributed by atoms with Gasteiger partial charge in [-0.2, -0.15) is 5.26 Å². The summed E-state index contributed by atoms with van der Waals surface area (Å²) in [5, 5.41) is 11.5. The molecule has 0 bridgehead atoms. The molecule has 3 nitrogen and oxygen atoms in total. The second-order valence-electron chi connectivity index (χ2n) is 2.56. The van der Waals surface area contributed by atoms with Gasteiger partial charge in [0.25, 0.3) is 0 Å². The molecule has 1 N–H and O–H groups in total. The molecule has 70 valence electrons. The zero-order valence-electron chi connectivity index (χ0n) is 7.81. The summed E-state index contributed by atoms with van der Waals surface area (Å²) in [6.07, 6.45) is 2.66. The molecule has 0 heterocycles. The molecule has 0 fully saturated rings. The average Bonchev–Trinajstić information content (AvgIpc) is 2.10. The Morgan fingerprint density at radius 1 is 1.33 bits per heavy atom. The third-order valence-corrected chi connectivity index (χ3v) is 1.49. The molecular formula is C9H18N2O. The maximum atomic E-state index is 8.24. The number of ether oxygens (including phenoxy) is 1. The fourth-order valence-corrected chi connectivity index (χ4v) is 0.861. The molecule has 0 aromatic carbocycles. The fraction of sp³-hybridized carbons (Fsp3) is 0.889. The van der Waals surface area contributed by atoms with Crippen molar-refractivity contribution in [3.63, 3.8) is 0 Å². The van der Waals surface area contributed by atoms with Crippen LogP contribution >= 0.6 is 0 Å². The summed E-state index contributed by atoms with van der Waals surface area (Å²) in [7, 11) is 0. The highest BCUT2D eigenvalue weighted by Crippen LogP contribution is 1.84. The van der Waals surface area contributed by atoms with Gasteiger partial charge in [0.15, 0.2) is 0 Å². The van der Waals surface area contributed by atoms with Crippen LogP contribution in [0.5, 0.6) is 0 Å². The second kappa shape index (κ2) is 10.4. The predicted octanol–water partition coefficient (Wildman–Crippen LogP) is 1.31. The molecule has 0 aliphatic heterocycles. The van der Waals surface area contributed by atoms with Crippen LogP contribution in [0, 0.1) is 11.3 Å². The van der Waals surface area contributed by atoms with Crippen molar-refractivity contribution in [3.8, 4) is 6.07 Å². The van der Waals surface area contributed by atoms with Crippen molar-refractivity contribution in [1.82, 2.24) is 5.32 Å². The topological polar surface area (TPSA) is 45.0 Å². The minimum atomic E-state index is 0.651. The van der Waals surface area contributed by atoms with Gasteiger partial charge in [0.1, 0.15) is 0 Å². The van der Waals surface area contributed by atoms with Crippen LogP contribution in [0.1, 0.15) is 26.2 Å². The number of unbranched alkanes of at least 4 members (excludes halogenated alkanes) is 1. The van der Waals surface area contributed by atoms with Crippen LogP contribution in [0.15, 0.2) is 0 Å². The molecule has 0 aliphatic rings. The normalized spacial score (nSPS) is 9.67. The van der Waals surface area contributed by atoms with Gasteiger partial charge in [-0.1, -0.05) is 0 Å². The molecule has 0 unspecified atom stereocenters. The lowest BCUT2D eigenvalue weighted by Crippen LogP contribution is -2.17. The lowest BCUT2D eigenvalue weighted by Gasteiger charge is -2.02. The van der Waals surface area contributed by atoms with E-state index in [1.807, 2.05) is 6.92 Å². The summed E-state index contributed by atoms with van der Waals surface area (Å²) in [6, 6.07) is 2.11. The van der Waals surface area contributed by atoms with Crippen LogP contribution < -0.4 is 5.32 Å². The standard InChI is InChI=1S/C9H18N2O/c1-2-12-9-5-8-11-7-4-3-6-10/h11H,2-5,7-9H2,1H3. The highest BCUT2D eigenvalue weighted by atomic mass is 16.5. The largest absolute Gasteiger partial charge is 0.382 e. The van der Waals surface area contributed by atoms with Gasteiger partial charge >= 0.3 is 0 Å². The smallest absolute Gasteiger partial charge is 0.0622 e. The maximum absolute atomic E-state index is 8.24. The molecule has 0 aromatic heterocycles. The summed E-state index contributed by atoms with van der Waals surface area (Å²) in [5.41, 5.74) is 0. The molecule has 0 spiro atoms. The average molecular weight is 170 g/mol. The molecule has 0 saturated carbocycles. The second-order valence-corrected chi connectivity index (χ2v) is 2.56. The molecule has 0 radical (unpaired) electrons. The maximum Gasteiger partial charge on any atom is 0.0622 e. The van der Waals surface area contributed by atoms with E-state index < -0.39 is 0 Å². The summed E-state index contributed by atoms with van der Waals surface area (Å²) < 4.78 is 5.17. The third-order valence-electron chi connectivity index (χ3n) is 1.49. The van der Waals surface area contributed by atoms with Gasteiger partial charge in [-0.25, -0.2) is 0 Å². The fourth-order valence-electron chi connectivity index (χ4n) is 0.861. The van der Waals surface area contributed by atoms with Crippen LogP contribution in [0.3, 0.4) is 0 Å². The Morgan fingerprint density at radius 3 is 2.75 bits per heavy atom. The monoisotopic (exact) mass is 170 g/mol. The minimum Gasteiger partial charge on any atom is -0.382 e. The first-order chi connectivity index (χ1) is 5.91. The number of hydrogen-bond acceptors (Lipinski definition) is 3. The van der Waals surface area contributed by atoms with E-state index in [4.69, 9.17) is 10.00 Å². The van der Waals surface area contributed by atoms with E-state index >= 15 is 0 Å². The zero-order valence-corrected chi connectivity index (χ0v) is 7.81. The molecule has 0 saturated heterocycles. The van der Waals surface area contributed by atoms with E-state index in [2.05, 4.69) is 11.4 Å². The van der Waals surface area contributed by atoms with Gasteiger partial charge in [-0.05, 0) is 32.9 Å². The van der Waals surface area contributed by atoms with Crippen molar-refractivity contribution >= 4 is 0 Å². The van der Waals surface area contributed by atoms with E-state index in [-0.39, 0.29) is 0 Å². The lowest BCUT2D eigenvalue weighted by molar-refractivity contribution is 0.145. The van der Waals surface area contributed by atoms with Gasteiger partial charge in [0.2, 0.25) is 0 Å². The molecule has 3 heteroatoms. The van der Waals surface area contributed by atoms with Crippen molar-refractivity contribution in [1.29, 1.82) is 5.26 Å².